The number of aliphatic hydroxyl groups excluding tert-OH is 1. The van der Waals surface area contributed by atoms with Crippen molar-refractivity contribution in [1.29, 1.82) is 5.26 Å². The minimum atomic E-state index is -0.103. The number of hydrogen-bond acceptors (Lipinski definition) is 2. The van der Waals surface area contributed by atoms with Crippen LogP contribution in [0.1, 0.15) is 19.3 Å². The van der Waals surface area contributed by atoms with Crippen molar-refractivity contribution in [3.63, 3.8) is 0 Å². The predicted molar refractivity (Wildman–Crippen MR) is 29.0 cm³/mol. The Bertz CT molecular complexity index is 110. The zero-order chi connectivity index (χ0) is 5.98. The molecular formula is C6H9NO. The SMILES string of the molecule is N#CCC1CC(O)C1. The molecule has 0 unspecified atom stereocenters. The van der Waals surface area contributed by atoms with E-state index in [9.17, 15) is 0 Å². The van der Waals surface area contributed by atoms with Crippen molar-refractivity contribution >= 4 is 0 Å². The van der Waals surface area contributed by atoms with Gasteiger partial charge in [0.05, 0.1) is 12.2 Å². The summed E-state index contributed by atoms with van der Waals surface area (Å²) in [4.78, 5) is 0. The van der Waals surface area contributed by atoms with Gasteiger partial charge in [0.1, 0.15) is 0 Å². The molecule has 0 aliphatic heterocycles. The summed E-state index contributed by atoms with van der Waals surface area (Å²) in [5, 5.41) is 16.9. The van der Waals surface area contributed by atoms with Gasteiger partial charge in [0.15, 0.2) is 0 Å². The molecule has 2 nitrogen and oxygen atoms in total. The van der Waals surface area contributed by atoms with Gasteiger partial charge in [-0.3, -0.25) is 0 Å². The lowest BCUT2D eigenvalue weighted by Gasteiger charge is -2.28. The van der Waals surface area contributed by atoms with E-state index in [1.54, 1.807) is 0 Å². The highest BCUT2D eigenvalue weighted by molar-refractivity contribution is 4.85. The van der Waals surface area contributed by atoms with Crippen LogP contribution in [0.5, 0.6) is 0 Å². The lowest BCUT2D eigenvalue weighted by molar-refractivity contribution is 0.0451. The first-order valence-electron chi connectivity index (χ1n) is 2.88. The molecular weight excluding hydrogens is 102 g/mol. The van der Waals surface area contributed by atoms with E-state index >= 15 is 0 Å². The monoisotopic (exact) mass is 111 g/mol. The van der Waals surface area contributed by atoms with E-state index < -0.39 is 0 Å². The molecule has 0 spiro atoms. The summed E-state index contributed by atoms with van der Waals surface area (Å²) >= 11 is 0. The van der Waals surface area contributed by atoms with Crippen molar-refractivity contribution in [3.8, 4) is 6.07 Å². The number of nitriles is 1. The van der Waals surface area contributed by atoms with Gasteiger partial charge in [-0.2, -0.15) is 5.26 Å². The van der Waals surface area contributed by atoms with E-state index in [1.165, 1.54) is 0 Å². The summed E-state index contributed by atoms with van der Waals surface area (Å²) in [6, 6.07) is 2.08. The summed E-state index contributed by atoms with van der Waals surface area (Å²) in [5.74, 6) is 0.495. The van der Waals surface area contributed by atoms with Crippen LogP contribution in [-0.2, 0) is 0 Å². The Morgan fingerprint density at radius 2 is 2.25 bits per heavy atom. The van der Waals surface area contributed by atoms with Crippen molar-refractivity contribution in [3.05, 3.63) is 0 Å². The molecule has 1 aliphatic rings. The van der Waals surface area contributed by atoms with Crippen LogP contribution in [0.2, 0.25) is 0 Å². The lowest BCUT2D eigenvalue weighted by Crippen LogP contribution is -2.27. The second-order valence-corrected chi connectivity index (χ2v) is 2.35. The van der Waals surface area contributed by atoms with Crippen LogP contribution >= 0.6 is 0 Å². The van der Waals surface area contributed by atoms with E-state index in [0.29, 0.717) is 12.3 Å². The predicted octanol–water partition coefficient (Wildman–Crippen LogP) is 0.671. The molecule has 0 heterocycles. The van der Waals surface area contributed by atoms with E-state index in [0.717, 1.165) is 12.8 Å². The molecule has 1 N–H and O–H groups in total. The Hall–Kier alpha value is -0.550. The van der Waals surface area contributed by atoms with E-state index in [-0.39, 0.29) is 6.10 Å². The molecule has 0 aromatic rings. The topological polar surface area (TPSA) is 44.0 Å². The normalized spacial score (nSPS) is 35.5. The number of aliphatic hydroxyl groups is 1. The molecule has 1 saturated carbocycles. The largest absolute Gasteiger partial charge is 0.393 e. The van der Waals surface area contributed by atoms with Gasteiger partial charge in [-0.15, -0.1) is 0 Å². The van der Waals surface area contributed by atoms with E-state index in [2.05, 4.69) is 6.07 Å². The fraction of sp³-hybridized carbons (Fsp3) is 0.833. The quantitative estimate of drug-likeness (QED) is 0.540. The van der Waals surface area contributed by atoms with Crippen LogP contribution in [0.15, 0.2) is 0 Å². The van der Waals surface area contributed by atoms with Gasteiger partial charge < -0.3 is 5.11 Å². The van der Waals surface area contributed by atoms with Gasteiger partial charge >= 0.3 is 0 Å². The van der Waals surface area contributed by atoms with Crippen molar-refractivity contribution in [2.45, 2.75) is 25.4 Å². The maximum absolute atomic E-state index is 8.74. The minimum absolute atomic E-state index is 0.103. The molecule has 44 valence electrons. The van der Waals surface area contributed by atoms with Crippen molar-refractivity contribution in [1.82, 2.24) is 0 Å². The van der Waals surface area contributed by atoms with Gasteiger partial charge in [0, 0.05) is 6.42 Å². The van der Waals surface area contributed by atoms with Crippen LogP contribution < -0.4 is 0 Å². The molecule has 0 aromatic heterocycles. The summed E-state index contributed by atoms with van der Waals surface area (Å²) in [7, 11) is 0. The number of rotatable bonds is 1. The molecule has 8 heavy (non-hydrogen) atoms. The molecule has 1 aliphatic carbocycles. The first kappa shape index (κ1) is 5.58. The summed E-state index contributed by atoms with van der Waals surface area (Å²) < 4.78 is 0. The third-order valence-electron chi connectivity index (χ3n) is 1.59. The fourth-order valence-corrected chi connectivity index (χ4v) is 0.996. The Morgan fingerprint density at radius 1 is 1.62 bits per heavy atom. The van der Waals surface area contributed by atoms with Crippen LogP contribution in [-0.4, -0.2) is 11.2 Å². The third kappa shape index (κ3) is 0.988. The fourth-order valence-electron chi connectivity index (χ4n) is 0.996. The first-order valence-corrected chi connectivity index (χ1v) is 2.88. The molecule has 0 bridgehead atoms. The Morgan fingerprint density at radius 3 is 2.62 bits per heavy atom. The second kappa shape index (κ2) is 2.15. The molecule has 0 amide bonds. The van der Waals surface area contributed by atoms with Crippen LogP contribution in [0, 0.1) is 17.2 Å². The first-order chi connectivity index (χ1) is 3.83. The summed E-state index contributed by atoms with van der Waals surface area (Å²) in [6.07, 6.45) is 2.20. The van der Waals surface area contributed by atoms with Gasteiger partial charge in [-0.25, -0.2) is 0 Å². The Labute approximate surface area is 48.7 Å². The summed E-state index contributed by atoms with van der Waals surface area (Å²) in [6.45, 7) is 0. The van der Waals surface area contributed by atoms with Gasteiger partial charge in [0.25, 0.3) is 0 Å². The van der Waals surface area contributed by atoms with Gasteiger partial charge in [-0.05, 0) is 18.8 Å². The molecule has 1 rings (SSSR count). The standard InChI is InChI=1S/C6H9NO/c7-2-1-5-3-6(8)4-5/h5-6,8H,1,3-4H2. The van der Waals surface area contributed by atoms with Crippen molar-refractivity contribution in [2.75, 3.05) is 0 Å². The van der Waals surface area contributed by atoms with Crippen LogP contribution in [0.4, 0.5) is 0 Å². The highest BCUT2D eigenvalue weighted by Gasteiger charge is 2.26. The number of hydrogen-bond donors (Lipinski definition) is 1. The van der Waals surface area contributed by atoms with Crippen LogP contribution in [0.3, 0.4) is 0 Å². The van der Waals surface area contributed by atoms with Crippen LogP contribution in [0.25, 0.3) is 0 Å². The molecule has 1 fully saturated rings. The van der Waals surface area contributed by atoms with E-state index in [1.807, 2.05) is 0 Å². The highest BCUT2D eigenvalue weighted by Crippen LogP contribution is 2.29. The number of nitrogens with zero attached hydrogens (tertiary/aromatic N) is 1. The zero-order valence-electron chi connectivity index (χ0n) is 4.67. The van der Waals surface area contributed by atoms with Crippen molar-refractivity contribution in [2.24, 2.45) is 5.92 Å². The maximum Gasteiger partial charge on any atom is 0.0624 e. The summed E-state index contributed by atoms with van der Waals surface area (Å²) in [5.41, 5.74) is 0. The molecule has 0 saturated heterocycles. The smallest absolute Gasteiger partial charge is 0.0624 e. The third-order valence-corrected chi connectivity index (χ3v) is 1.59. The average molecular weight is 111 g/mol. The van der Waals surface area contributed by atoms with Gasteiger partial charge in [-0.1, -0.05) is 0 Å². The molecule has 0 aromatic carbocycles. The van der Waals surface area contributed by atoms with Crippen molar-refractivity contribution < 1.29 is 5.11 Å². The lowest BCUT2D eigenvalue weighted by atomic mass is 9.81. The Balaban J connectivity index is 2.09. The average Bonchev–Trinajstić information content (AvgIpc) is 1.64. The minimum Gasteiger partial charge on any atom is -0.393 e. The Kier molecular flexibility index (Phi) is 1.50. The molecule has 0 radical (unpaired) electrons. The molecule has 2 heteroatoms. The zero-order valence-corrected chi connectivity index (χ0v) is 4.67. The second-order valence-electron chi connectivity index (χ2n) is 2.35. The van der Waals surface area contributed by atoms with E-state index in [4.69, 9.17) is 10.4 Å². The molecule has 0 atom stereocenters. The maximum atomic E-state index is 8.74. The highest BCUT2D eigenvalue weighted by atomic mass is 16.3. The van der Waals surface area contributed by atoms with Gasteiger partial charge in [0.2, 0.25) is 0 Å².